The largest absolute Gasteiger partial charge is 0.289 e. The maximum atomic E-state index is 10.9. The number of carbonyl (C=O) groups is 1. The first kappa shape index (κ1) is 11.6. The van der Waals surface area contributed by atoms with Crippen LogP contribution < -0.4 is 5.48 Å². The van der Waals surface area contributed by atoms with Gasteiger partial charge in [-0.15, -0.1) is 0 Å². The first-order valence-electron chi connectivity index (χ1n) is 5.61. The molecule has 0 fully saturated rings. The van der Waals surface area contributed by atoms with Crippen molar-refractivity contribution in [1.29, 1.82) is 0 Å². The van der Waals surface area contributed by atoms with Gasteiger partial charge >= 0.3 is 0 Å². The van der Waals surface area contributed by atoms with Crippen LogP contribution in [-0.4, -0.2) is 11.1 Å². The normalized spacial score (nSPS) is 10.5. The van der Waals surface area contributed by atoms with Gasteiger partial charge in [-0.05, 0) is 29.7 Å². The second kappa shape index (κ2) is 4.97. The number of benzene rings is 2. The molecule has 2 aromatic carbocycles. The Kier molecular flexibility index (Phi) is 3.40. The summed E-state index contributed by atoms with van der Waals surface area (Å²) in [4.78, 5) is 10.9. The summed E-state index contributed by atoms with van der Waals surface area (Å²) >= 11 is 0. The van der Waals surface area contributed by atoms with Crippen molar-refractivity contribution in [2.75, 3.05) is 0 Å². The van der Waals surface area contributed by atoms with Crippen LogP contribution in [0.5, 0.6) is 0 Å². The quantitative estimate of drug-likeness (QED) is 0.627. The van der Waals surface area contributed by atoms with Crippen LogP contribution in [0.3, 0.4) is 0 Å². The Morgan fingerprint density at radius 3 is 2.71 bits per heavy atom. The van der Waals surface area contributed by atoms with Crippen LogP contribution in [0.1, 0.15) is 17.5 Å². The molecule has 3 heteroatoms. The third-order valence-electron chi connectivity index (χ3n) is 2.83. The maximum Gasteiger partial charge on any atom is 0.243 e. The van der Waals surface area contributed by atoms with Gasteiger partial charge in [0.15, 0.2) is 0 Å². The molecule has 2 aromatic rings. The molecule has 0 atom stereocenters. The Labute approximate surface area is 100 Å². The van der Waals surface area contributed by atoms with Crippen LogP contribution in [-0.2, 0) is 11.2 Å². The van der Waals surface area contributed by atoms with Gasteiger partial charge < -0.3 is 0 Å². The monoisotopic (exact) mass is 229 g/mol. The number of amides is 1. The van der Waals surface area contributed by atoms with Gasteiger partial charge in [-0.3, -0.25) is 10.0 Å². The Balaban J connectivity index is 2.22. The van der Waals surface area contributed by atoms with Crippen LogP contribution >= 0.6 is 0 Å². The number of nitrogens with one attached hydrogen (secondary N) is 1. The minimum absolute atomic E-state index is 0.299. The number of hydroxylamine groups is 1. The minimum Gasteiger partial charge on any atom is -0.289 e. The molecule has 0 bridgehead atoms. The van der Waals surface area contributed by atoms with Gasteiger partial charge in [-0.2, -0.15) is 0 Å². The second-order valence-electron chi connectivity index (χ2n) is 4.22. The standard InChI is InChI=1S/C14H15NO2/c1-10-2-5-12-6-3-11(9-13(12)8-10)4-7-14(16)15-17/h2-3,5-6,8-9,17H,4,7H2,1H3,(H,15,16). The minimum atomic E-state index is -0.352. The number of aryl methyl sites for hydroxylation is 2. The highest BCUT2D eigenvalue weighted by atomic mass is 16.5. The zero-order valence-electron chi connectivity index (χ0n) is 9.73. The van der Waals surface area contributed by atoms with Crippen molar-refractivity contribution in [3.8, 4) is 0 Å². The molecular weight excluding hydrogens is 214 g/mol. The predicted octanol–water partition coefficient (Wildman–Crippen LogP) is 2.59. The molecule has 0 unspecified atom stereocenters. The highest BCUT2D eigenvalue weighted by Crippen LogP contribution is 2.18. The van der Waals surface area contributed by atoms with E-state index in [9.17, 15) is 4.79 Å². The molecule has 0 saturated heterocycles. The van der Waals surface area contributed by atoms with Crippen molar-refractivity contribution in [2.45, 2.75) is 19.8 Å². The maximum absolute atomic E-state index is 10.9. The van der Waals surface area contributed by atoms with Crippen molar-refractivity contribution in [3.05, 3.63) is 47.5 Å². The molecule has 0 saturated carbocycles. The Hall–Kier alpha value is -1.87. The highest BCUT2D eigenvalue weighted by Gasteiger charge is 2.01. The third-order valence-corrected chi connectivity index (χ3v) is 2.83. The predicted molar refractivity (Wildman–Crippen MR) is 66.9 cm³/mol. The van der Waals surface area contributed by atoms with Crippen molar-refractivity contribution < 1.29 is 10.0 Å². The molecule has 3 nitrogen and oxygen atoms in total. The number of hydrogen-bond acceptors (Lipinski definition) is 2. The van der Waals surface area contributed by atoms with E-state index in [0.717, 1.165) is 5.56 Å². The lowest BCUT2D eigenvalue weighted by atomic mass is 10.0. The van der Waals surface area contributed by atoms with Gasteiger partial charge in [-0.1, -0.05) is 42.0 Å². The van der Waals surface area contributed by atoms with Gasteiger partial charge in [0.1, 0.15) is 0 Å². The van der Waals surface area contributed by atoms with Crippen LogP contribution in [0, 0.1) is 6.92 Å². The lowest BCUT2D eigenvalue weighted by molar-refractivity contribution is -0.129. The van der Waals surface area contributed by atoms with Gasteiger partial charge in [0, 0.05) is 6.42 Å². The van der Waals surface area contributed by atoms with Crippen molar-refractivity contribution >= 4 is 16.7 Å². The molecule has 0 aliphatic heterocycles. The zero-order chi connectivity index (χ0) is 12.3. The SMILES string of the molecule is Cc1ccc2ccc(CCC(=O)NO)cc2c1. The van der Waals surface area contributed by atoms with Crippen LogP contribution in [0.2, 0.25) is 0 Å². The number of hydrogen-bond donors (Lipinski definition) is 2. The molecule has 0 heterocycles. The molecule has 1 amide bonds. The summed E-state index contributed by atoms with van der Waals surface area (Å²) in [7, 11) is 0. The Morgan fingerprint density at radius 1 is 1.18 bits per heavy atom. The van der Waals surface area contributed by atoms with Crippen LogP contribution in [0.4, 0.5) is 0 Å². The molecule has 0 spiro atoms. The Bertz CT molecular complexity index is 549. The van der Waals surface area contributed by atoms with Gasteiger partial charge in [-0.25, -0.2) is 5.48 Å². The molecule has 17 heavy (non-hydrogen) atoms. The number of fused-ring (bicyclic) bond motifs is 1. The van der Waals surface area contributed by atoms with Gasteiger partial charge in [0.05, 0.1) is 0 Å². The summed E-state index contributed by atoms with van der Waals surface area (Å²) in [5.41, 5.74) is 3.97. The third kappa shape index (κ3) is 2.82. The van der Waals surface area contributed by atoms with E-state index >= 15 is 0 Å². The number of rotatable bonds is 3. The van der Waals surface area contributed by atoms with E-state index in [4.69, 9.17) is 5.21 Å². The molecule has 0 radical (unpaired) electrons. The van der Waals surface area contributed by atoms with Crippen molar-refractivity contribution in [1.82, 2.24) is 5.48 Å². The zero-order valence-corrected chi connectivity index (χ0v) is 9.73. The van der Waals surface area contributed by atoms with E-state index in [1.165, 1.54) is 16.3 Å². The summed E-state index contributed by atoms with van der Waals surface area (Å²) in [5.74, 6) is -0.352. The van der Waals surface area contributed by atoms with E-state index in [1.807, 2.05) is 6.07 Å². The molecule has 0 aromatic heterocycles. The van der Waals surface area contributed by atoms with E-state index in [0.29, 0.717) is 12.8 Å². The molecule has 0 aliphatic carbocycles. The summed E-state index contributed by atoms with van der Waals surface area (Å²) < 4.78 is 0. The first-order chi connectivity index (χ1) is 8.19. The fourth-order valence-electron chi connectivity index (χ4n) is 1.88. The van der Waals surface area contributed by atoms with E-state index in [2.05, 4.69) is 37.3 Å². The number of carbonyl (C=O) groups excluding carboxylic acids is 1. The van der Waals surface area contributed by atoms with Crippen molar-refractivity contribution in [2.24, 2.45) is 0 Å². The fourth-order valence-corrected chi connectivity index (χ4v) is 1.88. The molecule has 0 aliphatic rings. The fraction of sp³-hybridized carbons (Fsp3) is 0.214. The first-order valence-corrected chi connectivity index (χ1v) is 5.61. The van der Waals surface area contributed by atoms with Crippen LogP contribution in [0.15, 0.2) is 36.4 Å². The summed E-state index contributed by atoms with van der Waals surface area (Å²) in [6.45, 7) is 2.06. The average Bonchev–Trinajstić information content (AvgIpc) is 2.35. The van der Waals surface area contributed by atoms with E-state index in [1.54, 1.807) is 5.48 Å². The van der Waals surface area contributed by atoms with Crippen molar-refractivity contribution in [3.63, 3.8) is 0 Å². The molecule has 88 valence electrons. The van der Waals surface area contributed by atoms with E-state index in [-0.39, 0.29) is 5.91 Å². The second-order valence-corrected chi connectivity index (χ2v) is 4.22. The summed E-state index contributed by atoms with van der Waals surface area (Å²) in [6, 6.07) is 12.5. The van der Waals surface area contributed by atoms with Crippen LogP contribution in [0.25, 0.3) is 10.8 Å². The smallest absolute Gasteiger partial charge is 0.243 e. The van der Waals surface area contributed by atoms with Gasteiger partial charge in [0.25, 0.3) is 0 Å². The molecule has 2 rings (SSSR count). The summed E-state index contributed by atoms with van der Waals surface area (Å²) in [6.07, 6.45) is 0.935. The Morgan fingerprint density at radius 2 is 1.94 bits per heavy atom. The van der Waals surface area contributed by atoms with E-state index < -0.39 is 0 Å². The summed E-state index contributed by atoms with van der Waals surface area (Å²) in [5, 5.41) is 10.8. The highest BCUT2D eigenvalue weighted by molar-refractivity contribution is 5.84. The lowest BCUT2D eigenvalue weighted by Crippen LogP contribution is -2.18. The molecular formula is C14H15NO2. The average molecular weight is 229 g/mol. The molecule has 2 N–H and O–H groups in total. The topological polar surface area (TPSA) is 49.3 Å². The van der Waals surface area contributed by atoms with Gasteiger partial charge in [0.2, 0.25) is 5.91 Å². The lowest BCUT2D eigenvalue weighted by Gasteiger charge is -2.04.